The lowest BCUT2D eigenvalue weighted by atomic mass is 9.93. The molecule has 32 heavy (non-hydrogen) atoms. The molecule has 7 heteroatoms. The van der Waals surface area contributed by atoms with E-state index < -0.39 is 17.7 Å². The van der Waals surface area contributed by atoms with Crippen LogP contribution >= 0.6 is 0 Å². The summed E-state index contributed by atoms with van der Waals surface area (Å²) >= 11 is 0. The lowest BCUT2D eigenvalue weighted by molar-refractivity contribution is -0.141. The zero-order valence-electron chi connectivity index (χ0n) is 18.5. The van der Waals surface area contributed by atoms with Gasteiger partial charge >= 0.3 is 0 Å². The molecule has 0 radical (unpaired) electrons. The predicted molar refractivity (Wildman–Crippen MR) is 119 cm³/mol. The molecule has 1 heterocycles. The number of likely N-dealkylation sites (tertiary alicyclic amines) is 1. The first kappa shape index (κ1) is 21.7. The van der Waals surface area contributed by atoms with E-state index in [9.17, 15) is 14.7 Å². The Bertz CT molecular complexity index is 1050. The zero-order valence-corrected chi connectivity index (χ0v) is 18.5. The highest BCUT2D eigenvalue weighted by Crippen LogP contribution is 2.48. The van der Waals surface area contributed by atoms with Crippen molar-refractivity contribution in [3.05, 3.63) is 59.2 Å². The van der Waals surface area contributed by atoms with Gasteiger partial charge in [-0.25, -0.2) is 0 Å². The number of rotatable bonds is 6. The van der Waals surface area contributed by atoms with Crippen molar-refractivity contribution in [3.8, 4) is 17.2 Å². The smallest absolute Gasteiger partial charge is 0.295 e. The molecule has 4 rings (SSSR count). The van der Waals surface area contributed by atoms with E-state index in [2.05, 4.69) is 0 Å². The van der Waals surface area contributed by atoms with Crippen LogP contribution in [0.3, 0.4) is 0 Å². The van der Waals surface area contributed by atoms with E-state index in [1.54, 1.807) is 54.5 Å². The number of carbonyl (C=O) groups excluding carboxylic acids is 2. The van der Waals surface area contributed by atoms with Crippen LogP contribution in [0, 0.1) is 0 Å². The molecule has 2 aromatic carbocycles. The Morgan fingerprint density at radius 1 is 0.938 bits per heavy atom. The van der Waals surface area contributed by atoms with Gasteiger partial charge in [0.1, 0.15) is 11.5 Å². The topological polar surface area (TPSA) is 85.3 Å². The number of hydrogen-bond donors (Lipinski definition) is 1. The second-order valence-electron chi connectivity index (χ2n) is 7.96. The lowest BCUT2D eigenvalue weighted by Crippen LogP contribution is -2.37. The fraction of sp³-hybridized carbons (Fsp3) is 0.360. The van der Waals surface area contributed by atoms with E-state index in [1.165, 1.54) is 14.2 Å². The van der Waals surface area contributed by atoms with Crippen LogP contribution in [0.25, 0.3) is 5.76 Å². The summed E-state index contributed by atoms with van der Waals surface area (Å²) < 4.78 is 16.3. The van der Waals surface area contributed by atoms with E-state index >= 15 is 0 Å². The van der Waals surface area contributed by atoms with Gasteiger partial charge in [0.25, 0.3) is 11.7 Å². The molecule has 7 nitrogen and oxygen atoms in total. The third-order valence-electron chi connectivity index (χ3n) is 6.29. The Kier molecular flexibility index (Phi) is 6.08. The number of amides is 1. The third kappa shape index (κ3) is 3.57. The summed E-state index contributed by atoms with van der Waals surface area (Å²) in [5.41, 5.74) is 1.09. The van der Waals surface area contributed by atoms with Crippen molar-refractivity contribution < 1.29 is 28.9 Å². The van der Waals surface area contributed by atoms with Crippen molar-refractivity contribution >= 4 is 17.4 Å². The van der Waals surface area contributed by atoms with Gasteiger partial charge in [0.2, 0.25) is 0 Å². The Morgan fingerprint density at radius 3 is 2.22 bits per heavy atom. The zero-order chi connectivity index (χ0) is 22.8. The predicted octanol–water partition coefficient (Wildman–Crippen LogP) is 4.08. The summed E-state index contributed by atoms with van der Waals surface area (Å²) in [4.78, 5) is 28.1. The van der Waals surface area contributed by atoms with Crippen LogP contribution in [0.15, 0.2) is 48.0 Å². The van der Waals surface area contributed by atoms with Crippen molar-refractivity contribution in [1.82, 2.24) is 4.90 Å². The summed E-state index contributed by atoms with van der Waals surface area (Å²) in [5, 5.41) is 11.2. The average molecular weight is 437 g/mol. The normalized spacial score (nSPS) is 20.6. The van der Waals surface area contributed by atoms with Gasteiger partial charge in [0.15, 0.2) is 11.5 Å². The first-order valence-corrected chi connectivity index (χ1v) is 10.7. The second kappa shape index (κ2) is 8.94. The molecule has 0 aromatic heterocycles. The molecule has 1 saturated heterocycles. The number of para-hydroxylation sites is 1. The molecule has 2 fully saturated rings. The molecule has 0 bridgehead atoms. The number of hydrogen-bond acceptors (Lipinski definition) is 6. The average Bonchev–Trinajstić information content (AvgIpc) is 3.44. The Hall–Kier alpha value is -3.48. The molecular formula is C25H27NO6. The van der Waals surface area contributed by atoms with Crippen LogP contribution in [0.4, 0.5) is 0 Å². The molecule has 1 aliphatic heterocycles. The van der Waals surface area contributed by atoms with E-state index in [1.807, 2.05) is 0 Å². The number of aliphatic hydroxyl groups excluding tert-OH is 1. The van der Waals surface area contributed by atoms with Crippen LogP contribution in [0.1, 0.15) is 42.9 Å². The number of Topliss-reactive ketones (excluding diaryl/α,β-unsaturated/α-hetero) is 1. The standard InChI is InChI=1S/C25H27NO6/c1-30-17-13-11-15(12-14-17)22(27)20-21(18-9-6-10-19(31-2)24(18)32-3)26(25(29)23(20)28)16-7-4-5-8-16/h6,9-14,16,21,27H,4-5,7-8H2,1-3H3/b22-20-. The van der Waals surface area contributed by atoms with Crippen LogP contribution < -0.4 is 14.2 Å². The summed E-state index contributed by atoms with van der Waals surface area (Å²) in [6, 6.07) is 11.2. The van der Waals surface area contributed by atoms with Crippen molar-refractivity contribution in [3.63, 3.8) is 0 Å². The summed E-state index contributed by atoms with van der Waals surface area (Å²) in [5.74, 6) is 0.0410. The van der Waals surface area contributed by atoms with Crippen molar-refractivity contribution in [2.45, 2.75) is 37.8 Å². The number of aliphatic hydroxyl groups is 1. The number of methoxy groups -OCH3 is 3. The van der Waals surface area contributed by atoms with E-state index in [0.29, 0.717) is 28.4 Å². The monoisotopic (exact) mass is 437 g/mol. The molecule has 168 valence electrons. The minimum absolute atomic E-state index is 0.0543. The number of carbonyl (C=O) groups is 2. The first-order chi connectivity index (χ1) is 15.5. The maximum absolute atomic E-state index is 13.2. The molecule has 2 aromatic rings. The van der Waals surface area contributed by atoms with Gasteiger partial charge in [0, 0.05) is 17.2 Å². The van der Waals surface area contributed by atoms with E-state index in [0.717, 1.165) is 25.7 Å². The van der Waals surface area contributed by atoms with Crippen LogP contribution in [-0.2, 0) is 9.59 Å². The van der Waals surface area contributed by atoms with Gasteiger partial charge in [0.05, 0.1) is 32.9 Å². The molecule has 1 saturated carbocycles. The molecule has 1 aliphatic carbocycles. The Balaban J connectivity index is 1.93. The van der Waals surface area contributed by atoms with Gasteiger partial charge in [-0.15, -0.1) is 0 Å². The third-order valence-corrected chi connectivity index (χ3v) is 6.29. The molecule has 1 N–H and O–H groups in total. The molecule has 0 spiro atoms. The highest BCUT2D eigenvalue weighted by atomic mass is 16.5. The largest absolute Gasteiger partial charge is 0.507 e. The Labute approximate surface area is 187 Å². The van der Waals surface area contributed by atoms with Crippen LogP contribution in [0.5, 0.6) is 17.2 Å². The molecule has 1 atom stereocenters. The molecule has 1 amide bonds. The number of ketones is 1. The van der Waals surface area contributed by atoms with Gasteiger partial charge in [-0.3, -0.25) is 9.59 Å². The molecular weight excluding hydrogens is 410 g/mol. The van der Waals surface area contributed by atoms with Crippen LogP contribution in [-0.4, -0.2) is 49.1 Å². The first-order valence-electron chi connectivity index (χ1n) is 10.7. The van der Waals surface area contributed by atoms with Crippen molar-refractivity contribution in [2.24, 2.45) is 0 Å². The highest BCUT2D eigenvalue weighted by molar-refractivity contribution is 6.46. The minimum atomic E-state index is -0.773. The summed E-state index contributed by atoms with van der Waals surface area (Å²) in [6.45, 7) is 0. The molecule has 2 aliphatic rings. The maximum Gasteiger partial charge on any atom is 0.295 e. The van der Waals surface area contributed by atoms with Gasteiger partial charge in [-0.05, 0) is 43.2 Å². The Morgan fingerprint density at radius 2 is 1.62 bits per heavy atom. The summed E-state index contributed by atoms with van der Waals surface area (Å²) in [6.07, 6.45) is 3.62. The fourth-order valence-corrected chi connectivity index (χ4v) is 4.75. The van der Waals surface area contributed by atoms with Crippen molar-refractivity contribution in [2.75, 3.05) is 21.3 Å². The van der Waals surface area contributed by atoms with Crippen LogP contribution in [0.2, 0.25) is 0 Å². The van der Waals surface area contributed by atoms with Gasteiger partial charge < -0.3 is 24.2 Å². The van der Waals surface area contributed by atoms with Gasteiger partial charge in [-0.2, -0.15) is 0 Å². The number of nitrogens with zero attached hydrogens (tertiary/aromatic N) is 1. The second-order valence-corrected chi connectivity index (χ2v) is 7.96. The number of benzene rings is 2. The van der Waals surface area contributed by atoms with Gasteiger partial charge in [-0.1, -0.05) is 25.0 Å². The summed E-state index contributed by atoms with van der Waals surface area (Å²) in [7, 11) is 4.61. The quantitative estimate of drug-likeness (QED) is 0.417. The minimum Gasteiger partial charge on any atom is -0.507 e. The van der Waals surface area contributed by atoms with E-state index in [-0.39, 0.29) is 17.4 Å². The molecule has 1 unspecified atom stereocenters. The van der Waals surface area contributed by atoms with E-state index in [4.69, 9.17) is 14.2 Å². The fourth-order valence-electron chi connectivity index (χ4n) is 4.75. The lowest BCUT2D eigenvalue weighted by Gasteiger charge is -2.31. The highest BCUT2D eigenvalue weighted by Gasteiger charge is 2.50. The maximum atomic E-state index is 13.2. The van der Waals surface area contributed by atoms with Crippen molar-refractivity contribution in [1.29, 1.82) is 0 Å². The number of ether oxygens (including phenoxy) is 3. The SMILES string of the molecule is COc1ccc(/C(O)=C2/C(=O)C(=O)N(C3CCCC3)C2c2cccc(OC)c2OC)cc1.